The van der Waals surface area contributed by atoms with Crippen molar-refractivity contribution in [2.45, 2.75) is 19.7 Å². The van der Waals surface area contributed by atoms with E-state index in [1.807, 2.05) is 6.07 Å². The lowest BCUT2D eigenvalue weighted by molar-refractivity contribution is 0.974. The summed E-state index contributed by atoms with van der Waals surface area (Å²) >= 11 is 9.76. The molecule has 0 radical (unpaired) electrons. The number of benzene rings is 2. The molecule has 0 N–H and O–H groups in total. The van der Waals surface area contributed by atoms with Gasteiger partial charge < -0.3 is 0 Å². The Labute approximate surface area is 131 Å². The fourth-order valence-electron chi connectivity index (χ4n) is 2.40. The average Bonchev–Trinajstić information content (AvgIpc) is 2.79. The molecule has 0 unspecified atom stereocenters. The zero-order chi connectivity index (χ0) is 14.3. The molecule has 0 aliphatic carbocycles. The summed E-state index contributed by atoms with van der Waals surface area (Å²) in [5, 5.41) is 0. The van der Waals surface area contributed by atoms with Crippen LogP contribution in [0.25, 0.3) is 16.7 Å². The number of hydrogen-bond acceptors (Lipinski definition) is 1. The molecule has 0 fully saturated rings. The van der Waals surface area contributed by atoms with Gasteiger partial charge in [-0.05, 0) is 59.1 Å². The summed E-state index contributed by atoms with van der Waals surface area (Å²) in [5.41, 5.74) is 5.54. The minimum Gasteiger partial charge on any atom is -0.294 e. The van der Waals surface area contributed by atoms with Crippen molar-refractivity contribution in [3.63, 3.8) is 0 Å². The van der Waals surface area contributed by atoms with Crippen LogP contribution in [-0.2, 0) is 5.88 Å². The smallest absolute Gasteiger partial charge is 0.129 e. The van der Waals surface area contributed by atoms with Crippen molar-refractivity contribution in [1.82, 2.24) is 9.55 Å². The first kappa shape index (κ1) is 13.7. The maximum atomic E-state index is 6.09. The Bertz CT molecular complexity index is 793. The molecular weight excluding hydrogens is 336 g/mol. The minimum absolute atomic E-state index is 0.383. The van der Waals surface area contributed by atoms with Gasteiger partial charge in [0.15, 0.2) is 0 Å². The molecule has 0 spiro atoms. The van der Waals surface area contributed by atoms with E-state index in [-0.39, 0.29) is 0 Å². The molecule has 3 aromatic rings. The Morgan fingerprint density at radius 2 is 2.00 bits per heavy atom. The van der Waals surface area contributed by atoms with Crippen molar-refractivity contribution in [1.29, 1.82) is 0 Å². The molecule has 20 heavy (non-hydrogen) atoms. The third-order valence-electron chi connectivity index (χ3n) is 3.41. The summed E-state index contributed by atoms with van der Waals surface area (Å²) in [6.45, 7) is 4.17. The van der Waals surface area contributed by atoms with Gasteiger partial charge in [-0.15, -0.1) is 11.6 Å². The number of rotatable bonds is 2. The van der Waals surface area contributed by atoms with Crippen molar-refractivity contribution in [2.24, 2.45) is 0 Å². The molecule has 1 heterocycles. The average molecular weight is 350 g/mol. The molecule has 0 aliphatic heterocycles. The van der Waals surface area contributed by atoms with Crippen LogP contribution in [-0.4, -0.2) is 9.55 Å². The first-order valence-electron chi connectivity index (χ1n) is 6.41. The van der Waals surface area contributed by atoms with Gasteiger partial charge in [-0.2, -0.15) is 0 Å². The summed E-state index contributed by atoms with van der Waals surface area (Å²) in [6.07, 6.45) is 0. The van der Waals surface area contributed by atoms with Gasteiger partial charge in [0.1, 0.15) is 5.82 Å². The molecule has 3 rings (SSSR count). The first-order chi connectivity index (χ1) is 9.61. The molecule has 2 nitrogen and oxygen atoms in total. The minimum atomic E-state index is 0.383. The number of halogens is 2. The maximum absolute atomic E-state index is 6.09. The second-order valence-corrected chi connectivity index (χ2v) is 5.96. The van der Waals surface area contributed by atoms with Crippen LogP contribution in [0.2, 0.25) is 0 Å². The van der Waals surface area contributed by atoms with E-state index in [0.29, 0.717) is 5.88 Å². The Kier molecular flexibility index (Phi) is 3.57. The lowest BCUT2D eigenvalue weighted by atomic mass is 10.2. The largest absolute Gasteiger partial charge is 0.294 e. The van der Waals surface area contributed by atoms with Crippen molar-refractivity contribution in [3.05, 3.63) is 57.8 Å². The number of aromatic nitrogens is 2. The van der Waals surface area contributed by atoms with Crippen LogP contribution in [0.4, 0.5) is 0 Å². The van der Waals surface area contributed by atoms with E-state index in [9.17, 15) is 0 Å². The molecule has 0 saturated carbocycles. The van der Waals surface area contributed by atoms with Gasteiger partial charge in [-0.25, -0.2) is 4.98 Å². The van der Waals surface area contributed by atoms with Gasteiger partial charge in [-0.1, -0.05) is 18.2 Å². The Morgan fingerprint density at radius 3 is 2.75 bits per heavy atom. The molecule has 4 heteroatoms. The number of aryl methyl sites for hydroxylation is 2. The van der Waals surface area contributed by atoms with E-state index >= 15 is 0 Å². The monoisotopic (exact) mass is 348 g/mol. The van der Waals surface area contributed by atoms with E-state index in [4.69, 9.17) is 11.6 Å². The molecule has 0 aliphatic rings. The van der Waals surface area contributed by atoms with E-state index in [1.165, 1.54) is 11.1 Å². The number of fused-ring (bicyclic) bond motifs is 1. The fraction of sp³-hybridized carbons (Fsp3) is 0.188. The van der Waals surface area contributed by atoms with Crippen molar-refractivity contribution < 1.29 is 0 Å². The van der Waals surface area contributed by atoms with Gasteiger partial charge in [0, 0.05) is 4.47 Å². The number of nitrogens with zero attached hydrogens (tertiary/aromatic N) is 2. The highest BCUT2D eigenvalue weighted by Crippen LogP contribution is 2.30. The lowest BCUT2D eigenvalue weighted by Gasteiger charge is -2.12. The third kappa shape index (κ3) is 2.15. The summed E-state index contributed by atoms with van der Waals surface area (Å²) < 4.78 is 3.21. The maximum Gasteiger partial charge on any atom is 0.129 e. The Balaban J connectivity index is 2.39. The van der Waals surface area contributed by atoms with E-state index in [1.54, 1.807) is 0 Å². The fourth-order valence-corrected chi connectivity index (χ4v) is 3.02. The second-order valence-electron chi connectivity index (χ2n) is 4.90. The molecule has 0 amide bonds. The summed E-state index contributed by atoms with van der Waals surface area (Å²) in [6, 6.07) is 12.5. The van der Waals surface area contributed by atoms with Crippen LogP contribution < -0.4 is 0 Å². The first-order valence-corrected chi connectivity index (χ1v) is 7.74. The van der Waals surface area contributed by atoms with Crippen molar-refractivity contribution in [2.75, 3.05) is 0 Å². The van der Waals surface area contributed by atoms with Gasteiger partial charge in [0.2, 0.25) is 0 Å². The predicted molar refractivity (Wildman–Crippen MR) is 87.8 cm³/mol. The molecule has 1 aromatic heterocycles. The zero-order valence-corrected chi connectivity index (χ0v) is 13.7. The van der Waals surface area contributed by atoms with Crippen LogP contribution in [0.5, 0.6) is 0 Å². The Hall–Kier alpha value is -1.32. The van der Waals surface area contributed by atoms with Crippen molar-refractivity contribution >= 4 is 38.6 Å². The number of hydrogen-bond donors (Lipinski definition) is 0. The molecule has 2 aromatic carbocycles. The molecule has 0 atom stereocenters. The van der Waals surface area contributed by atoms with Gasteiger partial charge in [0.25, 0.3) is 0 Å². The second kappa shape index (κ2) is 5.23. The van der Waals surface area contributed by atoms with Crippen LogP contribution in [0.3, 0.4) is 0 Å². The summed E-state index contributed by atoms with van der Waals surface area (Å²) in [5.74, 6) is 1.24. The highest BCUT2D eigenvalue weighted by Gasteiger charge is 2.14. The SMILES string of the molecule is Cc1ccc2nc(CCl)n(-c3cccc(C)c3Br)c2c1. The Morgan fingerprint density at radius 1 is 1.20 bits per heavy atom. The van der Waals surface area contributed by atoms with E-state index in [0.717, 1.165) is 27.0 Å². The van der Waals surface area contributed by atoms with Crippen molar-refractivity contribution in [3.8, 4) is 5.69 Å². The number of alkyl halides is 1. The third-order valence-corrected chi connectivity index (χ3v) is 4.68. The van der Waals surface area contributed by atoms with E-state index < -0.39 is 0 Å². The van der Waals surface area contributed by atoms with E-state index in [2.05, 4.69) is 69.7 Å². The van der Waals surface area contributed by atoms with Gasteiger partial charge in [-0.3, -0.25) is 4.57 Å². The van der Waals surface area contributed by atoms with Crippen LogP contribution >= 0.6 is 27.5 Å². The van der Waals surface area contributed by atoms with Gasteiger partial charge in [0.05, 0.1) is 22.6 Å². The quantitative estimate of drug-likeness (QED) is 0.585. The molecule has 0 bridgehead atoms. The normalized spacial score (nSPS) is 11.2. The highest BCUT2D eigenvalue weighted by atomic mass is 79.9. The topological polar surface area (TPSA) is 17.8 Å². The molecule has 0 saturated heterocycles. The lowest BCUT2D eigenvalue weighted by Crippen LogP contribution is -2.01. The van der Waals surface area contributed by atoms with Crippen LogP contribution in [0.15, 0.2) is 40.9 Å². The zero-order valence-electron chi connectivity index (χ0n) is 11.3. The predicted octanol–water partition coefficient (Wildman–Crippen LogP) is 5.14. The number of imidazole rings is 1. The van der Waals surface area contributed by atoms with Crippen LogP contribution in [0, 0.1) is 13.8 Å². The molecular formula is C16H14BrClN2. The summed E-state index contributed by atoms with van der Waals surface area (Å²) in [4.78, 5) is 4.63. The summed E-state index contributed by atoms with van der Waals surface area (Å²) in [7, 11) is 0. The highest BCUT2D eigenvalue weighted by molar-refractivity contribution is 9.10. The standard InChI is InChI=1S/C16H14BrClN2/c1-10-6-7-12-14(8-10)20(15(9-18)19-12)13-5-3-4-11(2)16(13)17/h3-8H,9H2,1-2H3. The van der Waals surface area contributed by atoms with Crippen LogP contribution in [0.1, 0.15) is 17.0 Å². The van der Waals surface area contributed by atoms with Gasteiger partial charge >= 0.3 is 0 Å². The molecule has 102 valence electrons.